The van der Waals surface area contributed by atoms with E-state index < -0.39 is 24.1 Å². The van der Waals surface area contributed by atoms with Gasteiger partial charge in [-0.2, -0.15) is 0 Å². The number of halogens is 1. The molecule has 1 saturated heterocycles. The number of aliphatic hydroxyl groups is 1. The van der Waals surface area contributed by atoms with E-state index in [1.807, 2.05) is 18.2 Å². The Morgan fingerprint density at radius 1 is 1.37 bits per heavy atom. The summed E-state index contributed by atoms with van der Waals surface area (Å²) in [5, 5.41) is 13.2. The average Bonchev–Trinajstić information content (AvgIpc) is 3.05. The quantitative estimate of drug-likeness (QED) is 0.443. The third-order valence-electron chi connectivity index (χ3n) is 5.18. The lowest BCUT2D eigenvalue weighted by atomic mass is 9.99. The van der Waals surface area contributed by atoms with Gasteiger partial charge in [0, 0.05) is 36.8 Å². The monoisotopic (exact) mass is 436 g/mol. The molecular weight excluding hydrogens is 412 g/mol. The van der Waals surface area contributed by atoms with E-state index in [1.165, 1.54) is 4.90 Å². The molecule has 10 heteroatoms. The zero-order valence-electron chi connectivity index (χ0n) is 16.4. The van der Waals surface area contributed by atoms with Crippen molar-refractivity contribution in [1.29, 1.82) is 0 Å². The molecule has 1 unspecified atom stereocenters. The van der Waals surface area contributed by atoms with Crippen LogP contribution in [0.15, 0.2) is 24.4 Å². The van der Waals surface area contributed by atoms with Crippen LogP contribution in [0, 0.1) is 0 Å². The van der Waals surface area contributed by atoms with Crippen LogP contribution in [0.2, 0.25) is 5.02 Å². The number of benzene rings is 1. The van der Waals surface area contributed by atoms with Crippen molar-refractivity contribution in [3.8, 4) is 0 Å². The SMILES string of the molecule is NC(=O)OC(CCCCO)C(=O)N1CC[C@H]1C(=O)NCc1ccc2[nH]cc(Cl)c2c1. The largest absolute Gasteiger partial charge is 0.436 e. The summed E-state index contributed by atoms with van der Waals surface area (Å²) in [5.41, 5.74) is 6.86. The van der Waals surface area contributed by atoms with Crippen molar-refractivity contribution >= 4 is 40.4 Å². The number of H-pyrrole nitrogens is 1. The molecule has 9 nitrogen and oxygen atoms in total. The van der Waals surface area contributed by atoms with Crippen LogP contribution in [0.1, 0.15) is 31.2 Å². The Balaban J connectivity index is 1.57. The standard InChI is InChI=1S/C20H25ClN4O5/c21-14-11-23-15-5-4-12(9-13(14)15)10-24-18(27)16-6-7-25(16)19(28)17(30-20(22)29)3-1-2-8-26/h4-5,9,11,16-17,23,26H,1-3,6-8,10H2,(H2,22,29)(H,24,27)/t16-,17?/m0/s1. The van der Waals surface area contributed by atoms with Crippen LogP contribution < -0.4 is 11.1 Å². The number of hydrogen-bond donors (Lipinski definition) is 4. The number of aliphatic hydroxyl groups excluding tert-OH is 1. The third kappa shape index (κ3) is 5.03. The van der Waals surface area contributed by atoms with Crippen LogP contribution in [0.5, 0.6) is 0 Å². The van der Waals surface area contributed by atoms with E-state index in [0.29, 0.717) is 37.4 Å². The molecule has 2 atom stereocenters. The van der Waals surface area contributed by atoms with Crippen LogP contribution in [0.25, 0.3) is 10.9 Å². The van der Waals surface area contributed by atoms with Crippen molar-refractivity contribution in [2.75, 3.05) is 13.2 Å². The molecule has 0 bridgehead atoms. The number of nitrogens with two attached hydrogens (primary N) is 1. The number of aromatic amines is 1. The fourth-order valence-corrected chi connectivity index (χ4v) is 3.68. The van der Waals surface area contributed by atoms with E-state index in [0.717, 1.165) is 16.5 Å². The molecule has 162 valence electrons. The number of amides is 3. The molecule has 2 heterocycles. The minimum Gasteiger partial charge on any atom is -0.436 e. The fraction of sp³-hybridized carbons (Fsp3) is 0.450. The highest BCUT2D eigenvalue weighted by Gasteiger charge is 2.41. The number of unbranched alkanes of at least 4 members (excludes halogenated alkanes) is 1. The normalized spacial score (nSPS) is 16.7. The van der Waals surface area contributed by atoms with E-state index in [4.69, 9.17) is 27.2 Å². The molecule has 2 aromatic rings. The highest BCUT2D eigenvalue weighted by molar-refractivity contribution is 6.35. The van der Waals surface area contributed by atoms with Gasteiger partial charge in [-0.05, 0) is 43.4 Å². The number of aromatic nitrogens is 1. The molecule has 3 rings (SSSR count). The Bertz CT molecular complexity index is 931. The minimum absolute atomic E-state index is 0.0218. The summed E-state index contributed by atoms with van der Waals surface area (Å²) >= 11 is 6.13. The van der Waals surface area contributed by atoms with Crippen LogP contribution in [-0.2, 0) is 20.9 Å². The molecule has 1 aromatic heterocycles. The summed E-state index contributed by atoms with van der Waals surface area (Å²) in [6.07, 6.45) is 1.35. The molecule has 0 spiro atoms. The molecule has 3 amide bonds. The van der Waals surface area contributed by atoms with E-state index in [1.54, 1.807) is 6.20 Å². The zero-order chi connectivity index (χ0) is 21.7. The van der Waals surface area contributed by atoms with E-state index in [2.05, 4.69) is 10.3 Å². The van der Waals surface area contributed by atoms with Crippen LogP contribution >= 0.6 is 11.6 Å². The van der Waals surface area contributed by atoms with Gasteiger partial charge >= 0.3 is 6.09 Å². The molecule has 1 aromatic carbocycles. The van der Waals surface area contributed by atoms with Gasteiger partial charge in [-0.15, -0.1) is 0 Å². The average molecular weight is 437 g/mol. The third-order valence-corrected chi connectivity index (χ3v) is 5.49. The predicted octanol–water partition coefficient (Wildman–Crippen LogP) is 1.66. The predicted molar refractivity (Wildman–Crippen MR) is 111 cm³/mol. The second kappa shape index (κ2) is 9.82. The fourth-order valence-electron chi connectivity index (χ4n) is 3.47. The maximum absolute atomic E-state index is 12.7. The van der Waals surface area contributed by atoms with Gasteiger partial charge in [-0.1, -0.05) is 17.7 Å². The van der Waals surface area contributed by atoms with Gasteiger partial charge < -0.3 is 30.8 Å². The minimum atomic E-state index is -1.05. The molecule has 5 N–H and O–H groups in total. The lowest BCUT2D eigenvalue weighted by molar-refractivity contribution is -0.154. The highest BCUT2D eigenvalue weighted by atomic mass is 35.5. The summed E-state index contributed by atoms with van der Waals surface area (Å²) in [6.45, 7) is 0.680. The molecule has 1 aliphatic rings. The molecular formula is C20H25ClN4O5. The van der Waals surface area contributed by atoms with Crippen molar-refractivity contribution in [1.82, 2.24) is 15.2 Å². The summed E-state index contributed by atoms with van der Waals surface area (Å²) in [6, 6.07) is 5.06. The number of fused-ring (bicyclic) bond motifs is 1. The van der Waals surface area contributed by atoms with Gasteiger partial charge in [0.15, 0.2) is 6.10 Å². The van der Waals surface area contributed by atoms with Crippen molar-refractivity contribution in [3.63, 3.8) is 0 Å². The second-order valence-electron chi connectivity index (χ2n) is 7.22. The molecule has 0 aliphatic carbocycles. The summed E-state index contributed by atoms with van der Waals surface area (Å²) < 4.78 is 4.94. The number of primary amides is 1. The molecule has 0 saturated carbocycles. The van der Waals surface area contributed by atoms with Gasteiger partial charge in [0.2, 0.25) is 5.91 Å². The van der Waals surface area contributed by atoms with E-state index in [-0.39, 0.29) is 18.9 Å². The second-order valence-corrected chi connectivity index (χ2v) is 7.62. The van der Waals surface area contributed by atoms with Crippen molar-refractivity contribution < 1.29 is 24.2 Å². The first-order valence-electron chi connectivity index (χ1n) is 9.81. The molecule has 30 heavy (non-hydrogen) atoms. The maximum Gasteiger partial charge on any atom is 0.405 e. The Labute approximate surface area is 178 Å². The number of carbonyl (C=O) groups excluding carboxylic acids is 3. The molecule has 1 fully saturated rings. The lowest BCUT2D eigenvalue weighted by Gasteiger charge is -2.41. The number of nitrogens with zero attached hydrogens (tertiary/aromatic N) is 1. The van der Waals surface area contributed by atoms with Gasteiger partial charge in [-0.25, -0.2) is 4.79 Å². The molecule has 1 aliphatic heterocycles. The summed E-state index contributed by atoms with van der Waals surface area (Å²) in [4.78, 5) is 40.9. The van der Waals surface area contributed by atoms with E-state index >= 15 is 0 Å². The number of nitrogens with one attached hydrogen (secondary N) is 2. The number of carbonyl (C=O) groups is 3. The van der Waals surface area contributed by atoms with Crippen molar-refractivity contribution in [2.45, 2.75) is 44.4 Å². The molecule has 0 radical (unpaired) electrons. The van der Waals surface area contributed by atoms with Crippen LogP contribution in [-0.4, -0.2) is 58.2 Å². The van der Waals surface area contributed by atoms with Gasteiger partial charge in [0.25, 0.3) is 5.91 Å². The Kier molecular flexibility index (Phi) is 7.17. The first-order chi connectivity index (χ1) is 14.4. The summed E-state index contributed by atoms with van der Waals surface area (Å²) in [7, 11) is 0. The first-order valence-corrected chi connectivity index (χ1v) is 10.2. The number of ether oxygens (including phenoxy) is 1. The van der Waals surface area contributed by atoms with E-state index in [9.17, 15) is 14.4 Å². The number of likely N-dealkylation sites (tertiary alicyclic amines) is 1. The maximum atomic E-state index is 12.7. The number of hydrogen-bond acceptors (Lipinski definition) is 5. The topological polar surface area (TPSA) is 138 Å². The zero-order valence-corrected chi connectivity index (χ0v) is 17.2. The van der Waals surface area contributed by atoms with Gasteiger partial charge in [0.1, 0.15) is 6.04 Å². The van der Waals surface area contributed by atoms with Crippen molar-refractivity contribution in [3.05, 3.63) is 35.0 Å². The van der Waals surface area contributed by atoms with Crippen molar-refractivity contribution in [2.24, 2.45) is 5.73 Å². The van der Waals surface area contributed by atoms with Crippen LogP contribution in [0.4, 0.5) is 4.79 Å². The Morgan fingerprint density at radius 2 is 2.17 bits per heavy atom. The Morgan fingerprint density at radius 3 is 2.83 bits per heavy atom. The number of rotatable bonds is 9. The smallest absolute Gasteiger partial charge is 0.405 e. The first kappa shape index (κ1) is 21.9. The lowest BCUT2D eigenvalue weighted by Crippen LogP contribution is -2.60. The van der Waals surface area contributed by atoms with Crippen LogP contribution in [0.3, 0.4) is 0 Å². The Hall–Kier alpha value is -2.78. The highest BCUT2D eigenvalue weighted by Crippen LogP contribution is 2.24. The summed E-state index contributed by atoms with van der Waals surface area (Å²) in [5.74, 6) is -0.721. The van der Waals surface area contributed by atoms with Gasteiger partial charge in [0.05, 0.1) is 5.02 Å². The van der Waals surface area contributed by atoms with Gasteiger partial charge in [-0.3, -0.25) is 9.59 Å².